The minimum Gasteiger partial charge on any atom is -0.345 e. The molecular formula is C15H23N3O. The van der Waals surface area contributed by atoms with Crippen molar-refractivity contribution in [1.82, 2.24) is 10.3 Å². The molecule has 1 aliphatic carbocycles. The van der Waals surface area contributed by atoms with Crippen molar-refractivity contribution in [2.24, 2.45) is 11.7 Å². The fraction of sp³-hybridized carbons (Fsp3) is 0.600. The molecule has 19 heavy (non-hydrogen) atoms. The van der Waals surface area contributed by atoms with Gasteiger partial charge in [0.15, 0.2) is 0 Å². The number of nitrogens with zero attached hydrogens (tertiary/aromatic N) is 1. The first-order chi connectivity index (χ1) is 9.07. The molecule has 1 fully saturated rings. The Balaban J connectivity index is 2.16. The molecule has 1 aromatic rings. The molecule has 0 aliphatic heterocycles. The normalized spacial score (nSPS) is 27.0. The molecule has 2 atom stereocenters. The van der Waals surface area contributed by atoms with Crippen molar-refractivity contribution in [2.45, 2.75) is 45.1 Å². The van der Waals surface area contributed by atoms with Crippen LogP contribution in [-0.2, 0) is 0 Å². The highest BCUT2D eigenvalue weighted by Crippen LogP contribution is 2.33. The summed E-state index contributed by atoms with van der Waals surface area (Å²) in [6.45, 7) is 4.62. The Labute approximate surface area is 114 Å². The summed E-state index contributed by atoms with van der Waals surface area (Å²) in [5.74, 6) is 0.364. The van der Waals surface area contributed by atoms with E-state index in [1.54, 1.807) is 12.4 Å². The first kappa shape index (κ1) is 14.0. The van der Waals surface area contributed by atoms with Gasteiger partial charge in [0.25, 0.3) is 5.91 Å². The molecule has 2 unspecified atom stereocenters. The van der Waals surface area contributed by atoms with Crippen molar-refractivity contribution in [1.29, 1.82) is 0 Å². The Hall–Kier alpha value is -1.42. The molecule has 1 heterocycles. The van der Waals surface area contributed by atoms with Gasteiger partial charge in [0.05, 0.1) is 11.1 Å². The van der Waals surface area contributed by atoms with Gasteiger partial charge >= 0.3 is 0 Å². The smallest absolute Gasteiger partial charge is 0.253 e. The summed E-state index contributed by atoms with van der Waals surface area (Å²) in [6.07, 6.45) is 7.82. The van der Waals surface area contributed by atoms with Crippen molar-refractivity contribution in [3.8, 4) is 0 Å². The lowest BCUT2D eigenvalue weighted by molar-refractivity contribution is 0.0812. The number of amides is 1. The van der Waals surface area contributed by atoms with Crippen molar-refractivity contribution in [2.75, 3.05) is 6.54 Å². The van der Waals surface area contributed by atoms with E-state index in [1.807, 2.05) is 13.0 Å². The minimum atomic E-state index is -0.251. The van der Waals surface area contributed by atoms with Crippen molar-refractivity contribution in [3.63, 3.8) is 0 Å². The van der Waals surface area contributed by atoms with E-state index in [0.29, 0.717) is 18.0 Å². The fourth-order valence-corrected chi connectivity index (χ4v) is 2.93. The number of hydrogen-bond acceptors (Lipinski definition) is 3. The van der Waals surface area contributed by atoms with Crippen LogP contribution < -0.4 is 11.1 Å². The number of nitrogens with two attached hydrogens (primary N) is 1. The van der Waals surface area contributed by atoms with E-state index in [-0.39, 0.29) is 11.4 Å². The summed E-state index contributed by atoms with van der Waals surface area (Å²) in [7, 11) is 0. The van der Waals surface area contributed by atoms with Crippen LogP contribution in [0.25, 0.3) is 0 Å². The summed E-state index contributed by atoms with van der Waals surface area (Å²) < 4.78 is 0. The average molecular weight is 261 g/mol. The fourth-order valence-electron chi connectivity index (χ4n) is 2.93. The quantitative estimate of drug-likeness (QED) is 0.874. The van der Waals surface area contributed by atoms with Crippen molar-refractivity contribution < 1.29 is 4.79 Å². The van der Waals surface area contributed by atoms with E-state index in [0.717, 1.165) is 24.8 Å². The molecule has 104 valence electrons. The van der Waals surface area contributed by atoms with Gasteiger partial charge in [-0.15, -0.1) is 0 Å². The second-order valence-corrected chi connectivity index (χ2v) is 5.71. The van der Waals surface area contributed by atoms with E-state index in [1.165, 1.54) is 6.42 Å². The molecule has 0 radical (unpaired) electrons. The molecule has 0 aromatic carbocycles. The summed E-state index contributed by atoms with van der Waals surface area (Å²) in [4.78, 5) is 16.4. The number of hydrogen-bond donors (Lipinski definition) is 2. The van der Waals surface area contributed by atoms with Gasteiger partial charge in [-0.3, -0.25) is 9.78 Å². The van der Waals surface area contributed by atoms with E-state index >= 15 is 0 Å². The Bertz CT molecular complexity index is 460. The van der Waals surface area contributed by atoms with Crippen LogP contribution in [0.1, 0.15) is 48.5 Å². The molecule has 1 amide bonds. The highest BCUT2D eigenvalue weighted by atomic mass is 16.1. The molecule has 0 bridgehead atoms. The monoisotopic (exact) mass is 261 g/mol. The summed E-state index contributed by atoms with van der Waals surface area (Å²) >= 11 is 0. The Morgan fingerprint density at radius 2 is 2.32 bits per heavy atom. The van der Waals surface area contributed by atoms with Gasteiger partial charge in [-0.1, -0.05) is 19.8 Å². The second kappa shape index (κ2) is 5.70. The maximum atomic E-state index is 12.4. The number of rotatable bonds is 3. The topological polar surface area (TPSA) is 68.0 Å². The average Bonchev–Trinajstić information content (AvgIpc) is 2.41. The van der Waals surface area contributed by atoms with Gasteiger partial charge < -0.3 is 11.1 Å². The molecule has 1 aliphatic rings. The third kappa shape index (κ3) is 2.95. The molecule has 0 saturated heterocycles. The van der Waals surface area contributed by atoms with Gasteiger partial charge in [-0.25, -0.2) is 0 Å². The standard InChI is InChI=1S/C15H23N3O/c1-11-7-13(9-17-8-11)14(19)18-15(10-16)6-4-3-5-12(15)2/h7-9,12H,3-6,10,16H2,1-2H3,(H,18,19). The lowest BCUT2D eigenvalue weighted by Crippen LogP contribution is -2.59. The maximum Gasteiger partial charge on any atom is 0.253 e. The van der Waals surface area contributed by atoms with Gasteiger partial charge in [0.2, 0.25) is 0 Å². The molecule has 1 aromatic heterocycles. The van der Waals surface area contributed by atoms with Crippen LogP contribution in [0, 0.1) is 12.8 Å². The summed E-state index contributed by atoms with van der Waals surface area (Å²) in [5, 5.41) is 3.17. The van der Waals surface area contributed by atoms with E-state index in [9.17, 15) is 4.79 Å². The molecular weight excluding hydrogens is 238 g/mol. The highest BCUT2D eigenvalue weighted by Gasteiger charge is 2.38. The first-order valence-electron chi connectivity index (χ1n) is 7.01. The van der Waals surface area contributed by atoms with Crippen LogP contribution in [0.3, 0.4) is 0 Å². The van der Waals surface area contributed by atoms with Crippen LogP contribution in [-0.4, -0.2) is 23.0 Å². The second-order valence-electron chi connectivity index (χ2n) is 5.71. The predicted octanol–water partition coefficient (Wildman–Crippen LogP) is 2.03. The third-order valence-electron chi connectivity index (χ3n) is 4.32. The Morgan fingerprint density at radius 3 is 2.95 bits per heavy atom. The minimum absolute atomic E-state index is 0.0598. The van der Waals surface area contributed by atoms with Crippen molar-refractivity contribution in [3.05, 3.63) is 29.6 Å². The Morgan fingerprint density at radius 1 is 1.53 bits per heavy atom. The number of nitrogens with one attached hydrogen (secondary N) is 1. The van der Waals surface area contributed by atoms with E-state index in [2.05, 4.69) is 17.2 Å². The zero-order chi connectivity index (χ0) is 13.9. The summed E-state index contributed by atoms with van der Waals surface area (Å²) in [6, 6.07) is 1.86. The molecule has 4 nitrogen and oxygen atoms in total. The number of carbonyl (C=O) groups is 1. The summed E-state index contributed by atoms with van der Waals surface area (Å²) in [5.41, 5.74) is 7.31. The number of carbonyl (C=O) groups excluding carboxylic acids is 1. The van der Waals surface area contributed by atoms with Crippen LogP contribution in [0.15, 0.2) is 18.5 Å². The van der Waals surface area contributed by atoms with Gasteiger partial charge in [-0.2, -0.15) is 0 Å². The van der Waals surface area contributed by atoms with Gasteiger partial charge in [0.1, 0.15) is 0 Å². The first-order valence-corrected chi connectivity index (χ1v) is 7.01. The molecule has 0 spiro atoms. The van der Waals surface area contributed by atoms with Crippen molar-refractivity contribution >= 4 is 5.91 Å². The zero-order valence-corrected chi connectivity index (χ0v) is 11.8. The Kier molecular flexibility index (Phi) is 4.20. The number of pyridine rings is 1. The third-order valence-corrected chi connectivity index (χ3v) is 4.32. The van der Waals surface area contributed by atoms with Gasteiger partial charge in [-0.05, 0) is 37.3 Å². The predicted molar refractivity (Wildman–Crippen MR) is 75.9 cm³/mol. The molecule has 3 N–H and O–H groups in total. The molecule has 1 saturated carbocycles. The zero-order valence-electron chi connectivity index (χ0n) is 11.8. The number of aromatic nitrogens is 1. The van der Waals surface area contributed by atoms with Crippen LogP contribution in [0.2, 0.25) is 0 Å². The number of aryl methyl sites for hydroxylation is 1. The maximum absolute atomic E-state index is 12.4. The largest absolute Gasteiger partial charge is 0.345 e. The molecule has 4 heteroatoms. The lowest BCUT2D eigenvalue weighted by Gasteiger charge is -2.42. The van der Waals surface area contributed by atoms with Gasteiger partial charge in [0, 0.05) is 18.9 Å². The van der Waals surface area contributed by atoms with E-state index < -0.39 is 0 Å². The van der Waals surface area contributed by atoms with Crippen LogP contribution in [0.4, 0.5) is 0 Å². The van der Waals surface area contributed by atoms with E-state index in [4.69, 9.17) is 5.73 Å². The van der Waals surface area contributed by atoms with Crippen LogP contribution >= 0.6 is 0 Å². The lowest BCUT2D eigenvalue weighted by atomic mass is 9.73. The van der Waals surface area contributed by atoms with Crippen LogP contribution in [0.5, 0.6) is 0 Å². The molecule has 2 rings (SSSR count). The highest BCUT2D eigenvalue weighted by molar-refractivity contribution is 5.94. The SMILES string of the molecule is Cc1cncc(C(=O)NC2(CN)CCCCC2C)c1.